The number of aryl methyl sites for hydroxylation is 1. The maximum absolute atomic E-state index is 13.3. The van der Waals surface area contributed by atoms with Crippen molar-refractivity contribution in [2.45, 2.75) is 38.0 Å². The third-order valence-electron chi connectivity index (χ3n) is 5.39. The molecule has 0 spiro atoms. The highest BCUT2D eigenvalue weighted by Gasteiger charge is 2.27. The summed E-state index contributed by atoms with van der Waals surface area (Å²) in [4.78, 5) is 13.2. The number of carbonyl (C=O) groups is 1. The Morgan fingerprint density at radius 1 is 0.906 bits per heavy atom. The molecular weight excluding hydrogens is 420 g/mol. The molecule has 0 aliphatic heterocycles. The van der Waals surface area contributed by atoms with E-state index in [1.165, 1.54) is 4.31 Å². The highest BCUT2D eigenvalue weighted by Crippen LogP contribution is 2.27. The molecule has 0 unspecified atom stereocenters. The molecule has 0 fully saturated rings. The second-order valence-electron chi connectivity index (χ2n) is 8.13. The topological polar surface area (TPSA) is 66.5 Å². The van der Waals surface area contributed by atoms with Crippen LogP contribution in [0.3, 0.4) is 0 Å². The van der Waals surface area contributed by atoms with Gasteiger partial charge in [-0.2, -0.15) is 4.31 Å². The van der Waals surface area contributed by atoms with Crippen LogP contribution >= 0.6 is 0 Å². The van der Waals surface area contributed by atoms with Crippen LogP contribution in [0.1, 0.15) is 36.5 Å². The highest BCUT2D eigenvalue weighted by atomic mass is 32.2. The quantitative estimate of drug-likeness (QED) is 0.499. The predicted molar refractivity (Wildman–Crippen MR) is 129 cm³/mol. The van der Waals surface area contributed by atoms with Crippen molar-refractivity contribution in [1.82, 2.24) is 4.31 Å². The molecule has 6 heteroatoms. The van der Waals surface area contributed by atoms with Crippen LogP contribution in [0.5, 0.6) is 0 Å². The third-order valence-corrected chi connectivity index (χ3v) is 7.24. The van der Waals surface area contributed by atoms with E-state index < -0.39 is 10.0 Å². The molecule has 32 heavy (non-hydrogen) atoms. The van der Waals surface area contributed by atoms with Crippen molar-refractivity contribution < 1.29 is 13.2 Å². The molecule has 0 saturated carbocycles. The lowest BCUT2D eigenvalue weighted by Gasteiger charge is -2.23. The number of hydrogen-bond acceptors (Lipinski definition) is 3. The Kier molecular flexibility index (Phi) is 7.83. The molecule has 3 aromatic carbocycles. The molecular formula is C26H30N2O3S. The summed E-state index contributed by atoms with van der Waals surface area (Å²) < 4.78 is 27.9. The molecule has 168 valence electrons. The maximum atomic E-state index is 13.3. The molecule has 1 N–H and O–H groups in total. The molecule has 5 nitrogen and oxygen atoms in total. The number of carbonyl (C=O) groups excluding carboxylic acids is 1. The first-order valence-electron chi connectivity index (χ1n) is 10.8. The van der Waals surface area contributed by atoms with Gasteiger partial charge in [-0.15, -0.1) is 0 Å². The number of nitrogens with one attached hydrogen (secondary N) is 1. The van der Waals surface area contributed by atoms with Crippen molar-refractivity contribution >= 4 is 21.6 Å². The number of hydrogen-bond donors (Lipinski definition) is 1. The second-order valence-corrected chi connectivity index (χ2v) is 10.1. The largest absolute Gasteiger partial charge is 0.324 e. The van der Waals surface area contributed by atoms with Crippen molar-refractivity contribution in [1.29, 1.82) is 0 Å². The number of benzene rings is 3. The van der Waals surface area contributed by atoms with Crippen LogP contribution in [0.4, 0.5) is 5.69 Å². The van der Waals surface area contributed by atoms with Crippen LogP contribution < -0.4 is 5.32 Å². The normalized spacial score (nSPS) is 11.7. The average Bonchev–Trinajstić information content (AvgIpc) is 2.79. The van der Waals surface area contributed by atoms with Crippen LogP contribution in [0.2, 0.25) is 0 Å². The summed E-state index contributed by atoms with van der Waals surface area (Å²) in [6.45, 7) is 6.03. The van der Waals surface area contributed by atoms with E-state index >= 15 is 0 Å². The van der Waals surface area contributed by atoms with Crippen molar-refractivity contribution in [3.05, 3.63) is 95.6 Å². The highest BCUT2D eigenvalue weighted by molar-refractivity contribution is 7.89. The van der Waals surface area contributed by atoms with Crippen LogP contribution in [-0.4, -0.2) is 31.7 Å². The van der Waals surface area contributed by atoms with E-state index in [1.54, 1.807) is 30.3 Å². The molecule has 3 rings (SSSR count). The summed E-state index contributed by atoms with van der Waals surface area (Å²) in [5.41, 5.74) is 3.75. The number of anilines is 1. The molecule has 0 aromatic heterocycles. The van der Waals surface area contributed by atoms with Crippen molar-refractivity contribution in [3.63, 3.8) is 0 Å². The van der Waals surface area contributed by atoms with Gasteiger partial charge < -0.3 is 5.32 Å². The summed E-state index contributed by atoms with van der Waals surface area (Å²) in [6.07, 6.45) is 0.516. The molecule has 0 saturated heterocycles. The molecule has 0 bridgehead atoms. The molecule has 0 aliphatic rings. The van der Waals surface area contributed by atoms with Gasteiger partial charge in [-0.1, -0.05) is 80.6 Å². The number of nitrogens with zero attached hydrogens (tertiary/aromatic N) is 1. The molecule has 0 radical (unpaired) electrons. The fraction of sp³-hybridized carbons (Fsp3) is 0.269. The summed E-state index contributed by atoms with van der Waals surface area (Å²) in [5.74, 6) is -0.124. The summed E-state index contributed by atoms with van der Waals surface area (Å²) in [6, 6.07) is 23.8. The first kappa shape index (κ1) is 23.7. The van der Waals surface area contributed by atoms with Crippen molar-refractivity contribution in [2.75, 3.05) is 18.4 Å². The minimum Gasteiger partial charge on any atom is -0.324 e. The van der Waals surface area contributed by atoms with Gasteiger partial charge in [0.15, 0.2) is 0 Å². The van der Waals surface area contributed by atoms with Gasteiger partial charge in [-0.05, 0) is 48.1 Å². The fourth-order valence-corrected chi connectivity index (χ4v) is 5.02. The van der Waals surface area contributed by atoms with E-state index in [4.69, 9.17) is 0 Å². The second kappa shape index (κ2) is 10.6. The molecule has 0 heterocycles. The van der Waals surface area contributed by atoms with E-state index in [0.29, 0.717) is 6.42 Å². The van der Waals surface area contributed by atoms with Crippen molar-refractivity contribution in [2.24, 2.45) is 0 Å². The van der Waals surface area contributed by atoms with Gasteiger partial charge in [0.25, 0.3) is 0 Å². The standard InChI is InChI=1S/C26H30N2O3S/c1-20(2)24-16-10-11-21(3)26(24)27-25(29)19-28(18-17-22-12-6-4-7-13-22)32(30,31)23-14-8-5-9-15-23/h4-16,20H,17-19H2,1-3H3,(H,27,29). The zero-order chi connectivity index (χ0) is 23.1. The summed E-state index contributed by atoms with van der Waals surface area (Å²) in [5, 5.41) is 2.97. The van der Waals surface area contributed by atoms with E-state index in [2.05, 4.69) is 19.2 Å². The SMILES string of the molecule is Cc1cccc(C(C)C)c1NC(=O)CN(CCc1ccccc1)S(=O)(=O)c1ccccc1. The lowest BCUT2D eigenvalue weighted by Crippen LogP contribution is -2.39. The van der Waals surface area contributed by atoms with Gasteiger partial charge in [0.1, 0.15) is 0 Å². The summed E-state index contributed by atoms with van der Waals surface area (Å²) >= 11 is 0. The Labute approximate surface area is 191 Å². The zero-order valence-corrected chi connectivity index (χ0v) is 19.6. The number of rotatable bonds is 9. The van der Waals surface area contributed by atoms with E-state index in [-0.39, 0.29) is 29.8 Å². The monoisotopic (exact) mass is 450 g/mol. The number of amides is 1. The Hall–Kier alpha value is -2.96. The molecule has 1 amide bonds. The first-order chi connectivity index (χ1) is 15.3. The number of para-hydroxylation sites is 1. The van der Waals surface area contributed by atoms with Gasteiger partial charge in [0.05, 0.1) is 11.4 Å². The van der Waals surface area contributed by atoms with Gasteiger partial charge in [-0.25, -0.2) is 8.42 Å². The predicted octanol–water partition coefficient (Wildman–Crippen LogP) is 4.99. The Morgan fingerprint density at radius 2 is 1.53 bits per heavy atom. The molecule has 0 atom stereocenters. The molecule has 3 aromatic rings. The van der Waals surface area contributed by atoms with E-state index in [0.717, 1.165) is 22.4 Å². The van der Waals surface area contributed by atoms with E-state index in [9.17, 15) is 13.2 Å². The van der Waals surface area contributed by atoms with Gasteiger partial charge in [-0.3, -0.25) is 4.79 Å². The van der Waals surface area contributed by atoms with Crippen LogP contribution in [-0.2, 0) is 21.2 Å². The van der Waals surface area contributed by atoms with Gasteiger partial charge in [0, 0.05) is 12.2 Å². The minimum atomic E-state index is -3.82. The third kappa shape index (κ3) is 5.84. The lowest BCUT2D eigenvalue weighted by molar-refractivity contribution is -0.116. The smallest absolute Gasteiger partial charge is 0.243 e. The lowest BCUT2D eigenvalue weighted by atomic mass is 9.98. The van der Waals surface area contributed by atoms with Crippen LogP contribution in [0.25, 0.3) is 0 Å². The maximum Gasteiger partial charge on any atom is 0.243 e. The van der Waals surface area contributed by atoms with E-state index in [1.807, 2.05) is 55.5 Å². The van der Waals surface area contributed by atoms with Gasteiger partial charge >= 0.3 is 0 Å². The minimum absolute atomic E-state index is 0.180. The van der Waals surface area contributed by atoms with Gasteiger partial charge in [0.2, 0.25) is 15.9 Å². The molecule has 0 aliphatic carbocycles. The zero-order valence-electron chi connectivity index (χ0n) is 18.8. The average molecular weight is 451 g/mol. The van der Waals surface area contributed by atoms with Crippen LogP contribution in [0.15, 0.2) is 83.8 Å². The van der Waals surface area contributed by atoms with Crippen LogP contribution in [0, 0.1) is 6.92 Å². The Balaban J connectivity index is 1.85. The number of sulfonamides is 1. The Morgan fingerprint density at radius 3 is 2.16 bits per heavy atom. The summed E-state index contributed by atoms with van der Waals surface area (Å²) in [7, 11) is -3.82. The first-order valence-corrected chi connectivity index (χ1v) is 12.2. The fourth-order valence-electron chi connectivity index (χ4n) is 3.61. The van der Waals surface area contributed by atoms with Crippen molar-refractivity contribution in [3.8, 4) is 0 Å². The Bertz CT molecular complexity index is 1140.